The second-order valence-electron chi connectivity index (χ2n) is 3.21. The molecule has 0 aliphatic rings. The number of halogens is 2. The molecule has 0 radical (unpaired) electrons. The maximum atomic E-state index is 5.96. The molecule has 0 spiro atoms. The number of aromatic nitrogens is 3. The molecule has 2 rings (SSSR count). The highest BCUT2D eigenvalue weighted by Crippen LogP contribution is 2.17. The Morgan fingerprint density at radius 3 is 2.67 bits per heavy atom. The Kier molecular flexibility index (Phi) is 2.93. The van der Waals surface area contributed by atoms with Crippen LogP contribution in [0.4, 0.5) is 0 Å². The van der Waals surface area contributed by atoms with Gasteiger partial charge in [0.25, 0.3) is 0 Å². The summed E-state index contributed by atoms with van der Waals surface area (Å²) >= 11 is 11.7. The van der Waals surface area contributed by atoms with Crippen molar-refractivity contribution < 1.29 is 0 Å². The van der Waals surface area contributed by atoms with Crippen LogP contribution < -0.4 is 0 Å². The number of pyridine rings is 1. The Morgan fingerprint density at radius 2 is 2.07 bits per heavy atom. The summed E-state index contributed by atoms with van der Waals surface area (Å²) < 4.78 is 1.86. The van der Waals surface area contributed by atoms with E-state index in [0.717, 1.165) is 11.3 Å². The Labute approximate surface area is 97.7 Å². The van der Waals surface area contributed by atoms with Crippen molar-refractivity contribution in [2.24, 2.45) is 0 Å². The van der Waals surface area contributed by atoms with E-state index in [1.165, 1.54) is 0 Å². The molecule has 0 saturated heterocycles. The van der Waals surface area contributed by atoms with E-state index in [1.54, 1.807) is 12.3 Å². The molecule has 5 heteroatoms. The molecule has 2 aromatic rings. The van der Waals surface area contributed by atoms with Crippen molar-refractivity contribution in [2.45, 2.75) is 13.5 Å². The molecule has 2 aromatic heterocycles. The fraction of sp³-hybridized carbons (Fsp3) is 0.200. The van der Waals surface area contributed by atoms with Crippen LogP contribution >= 0.6 is 23.2 Å². The molecular formula is C10H9Cl2N3. The van der Waals surface area contributed by atoms with Crippen LogP contribution in [0.5, 0.6) is 0 Å². The van der Waals surface area contributed by atoms with Crippen molar-refractivity contribution in [3.05, 3.63) is 46.0 Å². The van der Waals surface area contributed by atoms with Gasteiger partial charge >= 0.3 is 0 Å². The van der Waals surface area contributed by atoms with E-state index in [1.807, 2.05) is 23.7 Å². The van der Waals surface area contributed by atoms with Gasteiger partial charge in [0.1, 0.15) is 10.3 Å². The molecule has 0 atom stereocenters. The average Bonchev–Trinajstić information content (AvgIpc) is 2.57. The lowest BCUT2D eigenvalue weighted by molar-refractivity contribution is 0.663. The van der Waals surface area contributed by atoms with Crippen LogP contribution in [0.25, 0.3) is 0 Å². The summed E-state index contributed by atoms with van der Waals surface area (Å²) in [6.07, 6.45) is 1.76. The van der Waals surface area contributed by atoms with Crippen molar-refractivity contribution in [2.75, 3.05) is 0 Å². The summed E-state index contributed by atoms with van der Waals surface area (Å²) in [6, 6.07) is 5.53. The second-order valence-corrected chi connectivity index (χ2v) is 3.96. The fourth-order valence-electron chi connectivity index (χ4n) is 1.28. The van der Waals surface area contributed by atoms with Crippen molar-refractivity contribution in [1.82, 2.24) is 14.8 Å². The predicted octanol–water partition coefficient (Wildman–Crippen LogP) is 2.94. The Balaban J connectivity index is 2.29. The van der Waals surface area contributed by atoms with Gasteiger partial charge in [0.2, 0.25) is 0 Å². The van der Waals surface area contributed by atoms with Crippen molar-refractivity contribution >= 4 is 23.2 Å². The zero-order valence-corrected chi connectivity index (χ0v) is 9.63. The van der Waals surface area contributed by atoms with Gasteiger partial charge in [-0.05, 0) is 19.1 Å². The maximum absolute atomic E-state index is 5.96. The van der Waals surface area contributed by atoms with Crippen LogP contribution in [-0.4, -0.2) is 14.8 Å². The van der Waals surface area contributed by atoms with E-state index in [0.29, 0.717) is 16.9 Å². The first-order valence-electron chi connectivity index (χ1n) is 4.46. The zero-order valence-electron chi connectivity index (χ0n) is 8.11. The van der Waals surface area contributed by atoms with Crippen molar-refractivity contribution in [3.63, 3.8) is 0 Å². The molecule has 0 amide bonds. The van der Waals surface area contributed by atoms with E-state index in [-0.39, 0.29) is 0 Å². The number of aryl methyl sites for hydroxylation is 1. The molecule has 0 bridgehead atoms. The smallest absolute Gasteiger partial charge is 0.135 e. The van der Waals surface area contributed by atoms with Gasteiger partial charge in [-0.25, -0.2) is 4.98 Å². The summed E-state index contributed by atoms with van der Waals surface area (Å²) in [7, 11) is 0. The summed E-state index contributed by atoms with van der Waals surface area (Å²) in [6.45, 7) is 2.60. The molecule has 0 aliphatic carbocycles. The molecule has 0 unspecified atom stereocenters. The van der Waals surface area contributed by atoms with E-state index in [9.17, 15) is 0 Å². The number of rotatable bonds is 2. The molecule has 2 heterocycles. The summed E-state index contributed by atoms with van der Waals surface area (Å²) in [4.78, 5) is 3.97. The van der Waals surface area contributed by atoms with Crippen LogP contribution in [0.1, 0.15) is 11.3 Å². The lowest BCUT2D eigenvalue weighted by Gasteiger charge is -2.06. The van der Waals surface area contributed by atoms with Crippen LogP contribution in [0.15, 0.2) is 24.4 Å². The average molecular weight is 242 g/mol. The Hall–Kier alpha value is -1.06. The summed E-state index contributed by atoms with van der Waals surface area (Å²) in [5, 5.41) is 5.00. The van der Waals surface area contributed by atoms with E-state index in [4.69, 9.17) is 23.2 Å². The minimum Gasteiger partial charge on any atom is -0.265 e. The van der Waals surface area contributed by atoms with Gasteiger partial charge in [-0.15, -0.1) is 0 Å². The van der Waals surface area contributed by atoms with Gasteiger partial charge in [-0.1, -0.05) is 29.3 Å². The monoisotopic (exact) mass is 241 g/mol. The first-order chi connectivity index (χ1) is 7.16. The van der Waals surface area contributed by atoms with Gasteiger partial charge in [-0.3, -0.25) is 4.68 Å². The molecule has 0 N–H and O–H groups in total. The van der Waals surface area contributed by atoms with Crippen LogP contribution in [0.3, 0.4) is 0 Å². The second kappa shape index (κ2) is 4.21. The van der Waals surface area contributed by atoms with E-state index >= 15 is 0 Å². The molecule has 0 aromatic carbocycles. The molecule has 78 valence electrons. The van der Waals surface area contributed by atoms with E-state index < -0.39 is 0 Å². The standard InChI is InChI=1S/C10H9Cl2N3/c1-7-4-5-13-15(7)6-8-2-3-9(11)14-10(8)12/h2-5H,6H2,1H3. The normalized spacial score (nSPS) is 10.6. The first kappa shape index (κ1) is 10.5. The lowest BCUT2D eigenvalue weighted by Crippen LogP contribution is -2.04. The van der Waals surface area contributed by atoms with Gasteiger partial charge in [0.05, 0.1) is 6.54 Å². The number of nitrogens with zero attached hydrogens (tertiary/aromatic N) is 3. The summed E-state index contributed by atoms with van der Waals surface area (Å²) in [5.41, 5.74) is 1.99. The van der Waals surface area contributed by atoms with Crippen LogP contribution in [-0.2, 0) is 6.54 Å². The highest BCUT2D eigenvalue weighted by atomic mass is 35.5. The number of hydrogen-bond donors (Lipinski definition) is 0. The van der Waals surface area contributed by atoms with Crippen molar-refractivity contribution in [1.29, 1.82) is 0 Å². The van der Waals surface area contributed by atoms with Gasteiger partial charge in [0, 0.05) is 17.5 Å². The lowest BCUT2D eigenvalue weighted by atomic mass is 10.3. The third kappa shape index (κ3) is 2.30. The predicted molar refractivity (Wildman–Crippen MR) is 60.3 cm³/mol. The van der Waals surface area contributed by atoms with Crippen molar-refractivity contribution in [3.8, 4) is 0 Å². The molecule has 15 heavy (non-hydrogen) atoms. The molecule has 3 nitrogen and oxygen atoms in total. The Morgan fingerprint density at radius 1 is 1.27 bits per heavy atom. The summed E-state index contributed by atoms with van der Waals surface area (Å²) in [5.74, 6) is 0. The molecule has 0 saturated carbocycles. The largest absolute Gasteiger partial charge is 0.265 e. The zero-order chi connectivity index (χ0) is 10.8. The molecule has 0 aliphatic heterocycles. The maximum Gasteiger partial charge on any atom is 0.135 e. The van der Waals surface area contributed by atoms with Crippen LogP contribution in [0.2, 0.25) is 10.3 Å². The minimum absolute atomic E-state index is 0.404. The highest BCUT2D eigenvalue weighted by molar-refractivity contribution is 6.32. The fourth-order valence-corrected chi connectivity index (χ4v) is 1.69. The number of hydrogen-bond acceptors (Lipinski definition) is 2. The quantitative estimate of drug-likeness (QED) is 0.758. The third-order valence-corrected chi connectivity index (χ3v) is 2.68. The van der Waals surface area contributed by atoms with Gasteiger partial charge in [-0.2, -0.15) is 5.10 Å². The highest BCUT2D eigenvalue weighted by Gasteiger charge is 2.05. The molecular weight excluding hydrogens is 233 g/mol. The van der Waals surface area contributed by atoms with Crippen LogP contribution in [0, 0.1) is 6.92 Å². The van der Waals surface area contributed by atoms with Gasteiger partial charge in [0.15, 0.2) is 0 Å². The SMILES string of the molecule is Cc1ccnn1Cc1ccc(Cl)nc1Cl. The minimum atomic E-state index is 0.404. The molecule has 0 fully saturated rings. The van der Waals surface area contributed by atoms with E-state index in [2.05, 4.69) is 10.1 Å². The topological polar surface area (TPSA) is 30.7 Å². The third-order valence-electron chi connectivity index (χ3n) is 2.14. The first-order valence-corrected chi connectivity index (χ1v) is 5.22. The van der Waals surface area contributed by atoms with Gasteiger partial charge < -0.3 is 0 Å². The Bertz CT molecular complexity index is 479.